The van der Waals surface area contributed by atoms with Gasteiger partial charge in [0.15, 0.2) is 0 Å². The van der Waals surface area contributed by atoms with Crippen LogP contribution in [-0.4, -0.2) is 58.2 Å². The van der Waals surface area contributed by atoms with E-state index in [2.05, 4.69) is 16.9 Å². The number of benzene rings is 1. The average molecular weight is 373 g/mol. The van der Waals surface area contributed by atoms with E-state index in [9.17, 15) is 4.79 Å². The molecule has 0 aliphatic carbocycles. The Labute approximate surface area is 159 Å². The van der Waals surface area contributed by atoms with E-state index in [1.165, 1.54) is 0 Å². The van der Waals surface area contributed by atoms with Gasteiger partial charge < -0.3 is 9.80 Å². The standard InChI is InChI=1S/C20H25ClN4O/c1-3-23-11-13-24(14-12-23)19(26)10-9-18-16(2)22-25(20(18)21)15-17-7-5-4-6-8-17/h4-10H,3,11-15H2,1-2H3. The maximum atomic E-state index is 12.4. The molecule has 138 valence electrons. The van der Waals surface area contributed by atoms with E-state index in [1.54, 1.807) is 16.8 Å². The third kappa shape index (κ3) is 4.34. The first-order valence-corrected chi connectivity index (χ1v) is 9.42. The zero-order valence-corrected chi connectivity index (χ0v) is 16.1. The molecule has 0 saturated carbocycles. The summed E-state index contributed by atoms with van der Waals surface area (Å²) >= 11 is 6.50. The minimum atomic E-state index is 0.0343. The first kappa shape index (κ1) is 18.7. The summed E-state index contributed by atoms with van der Waals surface area (Å²) in [6, 6.07) is 10.1. The number of nitrogens with zero attached hydrogens (tertiary/aromatic N) is 4. The molecule has 5 nitrogen and oxygen atoms in total. The minimum Gasteiger partial charge on any atom is -0.337 e. The van der Waals surface area contributed by atoms with Gasteiger partial charge in [0.1, 0.15) is 5.15 Å². The Morgan fingerprint density at radius 2 is 1.88 bits per heavy atom. The molecule has 1 aromatic carbocycles. The van der Waals surface area contributed by atoms with Gasteiger partial charge in [-0.1, -0.05) is 48.9 Å². The normalized spacial score (nSPS) is 15.7. The molecular weight excluding hydrogens is 348 g/mol. The molecule has 1 aromatic heterocycles. The van der Waals surface area contributed by atoms with Crippen LogP contribution in [0.5, 0.6) is 0 Å². The number of carbonyl (C=O) groups excluding carboxylic acids is 1. The SMILES string of the molecule is CCN1CCN(C(=O)C=Cc2c(C)nn(Cc3ccccc3)c2Cl)CC1. The molecule has 0 radical (unpaired) electrons. The summed E-state index contributed by atoms with van der Waals surface area (Å²) in [5.41, 5.74) is 2.77. The van der Waals surface area contributed by atoms with Crippen molar-refractivity contribution in [3.63, 3.8) is 0 Å². The predicted molar refractivity (Wildman–Crippen MR) is 105 cm³/mol. The fourth-order valence-electron chi connectivity index (χ4n) is 3.16. The highest BCUT2D eigenvalue weighted by Gasteiger charge is 2.19. The van der Waals surface area contributed by atoms with Crippen molar-refractivity contribution in [3.05, 3.63) is 58.4 Å². The van der Waals surface area contributed by atoms with E-state index >= 15 is 0 Å². The Morgan fingerprint density at radius 3 is 2.54 bits per heavy atom. The van der Waals surface area contributed by atoms with Gasteiger partial charge in [0, 0.05) is 37.8 Å². The number of hydrogen-bond donors (Lipinski definition) is 0. The lowest BCUT2D eigenvalue weighted by Crippen LogP contribution is -2.48. The topological polar surface area (TPSA) is 41.4 Å². The Hall–Kier alpha value is -2.11. The van der Waals surface area contributed by atoms with E-state index in [4.69, 9.17) is 11.6 Å². The second-order valence-electron chi connectivity index (χ2n) is 6.53. The quantitative estimate of drug-likeness (QED) is 0.757. The van der Waals surface area contributed by atoms with Crippen molar-refractivity contribution in [2.75, 3.05) is 32.7 Å². The molecule has 1 aliphatic rings. The van der Waals surface area contributed by atoms with Crippen LogP contribution in [0.2, 0.25) is 5.15 Å². The van der Waals surface area contributed by atoms with Gasteiger partial charge in [-0.25, -0.2) is 4.68 Å². The van der Waals surface area contributed by atoms with Crippen molar-refractivity contribution < 1.29 is 4.79 Å². The Morgan fingerprint density at radius 1 is 1.19 bits per heavy atom. The maximum Gasteiger partial charge on any atom is 0.246 e. The lowest BCUT2D eigenvalue weighted by Gasteiger charge is -2.33. The van der Waals surface area contributed by atoms with Crippen LogP contribution >= 0.6 is 11.6 Å². The number of carbonyl (C=O) groups is 1. The molecule has 0 atom stereocenters. The average Bonchev–Trinajstić information content (AvgIpc) is 2.93. The molecule has 0 spiro atoms. The van der Waals surface area contributed by atoms with Gasteiger partial charge in [0.05, 0.1) is 12.2 Å². The third-order valence-electron chi connectivity index (χ3n) is 4.81. The number of rotatable bonds is 5. The molecule has 0 bridgehead atoms. The van der Waals surface area contributed by atoms with Crippen molar-refractivity contribution >= 4 is 23.6 Å². The van der Waals surface area contributed by atoms with Gasteiger partial charge in [0.25, 0.3) is 0 Å². The Kier molecular flexibility index (Phi) is 6.12. The molecule has 1 fully saturated rings. The summed E-state index contributed by atoms with van der Waals surface area (Å²) < 4.78 is 1.77. The molecule has 6 heteroatoms. The van der Waals surface area contributed by atoms with Gasteiger partial charge in [-0.15, -0.1) is 0 Å². The molecule has 2 heterocycles. The highest BCUT2D eigenvalue weighted by Crippen LogP contribution is 2.22. The van der Waals surface area contributed by atoms with Crippen LogP contribution in [0.25, 0.3) is 6.08 Å². The fraction of sp³-hybridized carbons (Fsp3) is 0.400. The fourth-order valence-corrected chi connectivity index (χ4v) is 3.46. The molecule has 1 aliphatic heterocycles. The minimum absolute atomic E-state index is 0.0343. The van der Waals surface area contributed by atoms with Crippen molar-refractivity contribution in [1.82, 2.24) is 19.6 Å². The van der Waals surface area contributed by atoms with Crippen LogP contribution in [0.4, 0.5) is 0 Å². The number of hydrogen-bond acceptors (Lipinski definition) is 3. The Bertz CT molecular complexity index is 777. The first-order valence-electron chi connectivity index (χ1n) is 9.04. The number of aromatic nitrogens is 2. The number of amides is 1. The molecule has 0 unspecified atom stereocenters. The summed E-state index contributed by atoms with van der Waals surface area (Å²) in [7, 11) is 0. The van der Waals surface area contributed by atoms with Crippen LogP contribution in [-0.2, 0) is 11.3 Å². The van der Waals surface area contributed by atoms with Crippen LogP contribution in [0.3, 0.4) is 0 Å². The van der Waals surface area contributed by atoms with E-state index in [0.717, 1.165) is 49.5 Å². The number of likely N-dealkylation sites (N-methyl/N-ethyl adjacent to an activating group) is 1. The number of halogens is 1. The molecule has 26 heavy (non-hydrogen) atoms. The largest absolute Gasteiger partial charge is 0.337 e. The smallest absolute Gasteiger partial charge is 0.246 e. The molecule has 1 amide bonds. The molecule has 1 saturated heterocycles. The summed E-state index contributed by atoms with van der Waals surface area (Å²) in [4.78, 5) is 16.7. The number of aryl methyl sites for hydroxylation is 1. The molecule has 3 rings (SSSR count). The van der Waals surface area contributed by atoms with Gasteiger partial charge in [-0.05, 0) is 25.1 Å². The third-order valence-corrected chi connectivity index (χ3v) is 5.21. The highest BCUT2D eigenvalue weighted by atomic mass is 35.5. The summed E-state index contributed by atoms with van der Waals surface area (Å²) in [6.45, 7) is 9.13. The summed E-state index contributed by atoms with van der Waals surface area (Å²) in [5.74, 6) is 0.0343. The van der Waals surface area contributed by atoms with Crippen LogP contribution < -0.4 is 0 Å². The van der Waals surface area contributed by atoms with Crippen molar-refractivity contribution in [1.29, 1.82) is 0 Å². The van der Waals surface area contributed by atoms with Crippen molar-refractivity contribution in [2.45, 2.75) is 20.4 Å². The number of piperazine rings is 1. The van der Waals surface area contributed by atoms with Gasteiger partial charge >= 0.3 is 0 Å². The zero-order chi connectivity index (χ0) is 18.5. The van der Waals surface area contributed by atoms with Gasteiger partial charge in [-0.3, -0.25) is 4.79 Å². The van der Waals surface area contributed by atoms with Crippen LogP contribution in [0.1, 0.15) is 23.7 Å². The van der Waals surface area contributed by atoms with E-state index in [1.807, 2.05) is 42.2 Å². The van der Waals surface area contributed by atoms with Gasteiger partial charge in [0.2, 0.25) is 5.91 Å². The van der Waals surface area contributed by atoms with E-state index < -0.39 is 0 Å². The monoisotopic (exact) mass is 372 g/mol. The summed E-state index contributed by atoms with van der Waals surface area (Å²) in [5, 5.41) is 5.08. The maximum absolute atomic E-state index is 12.4. The molecule has 0 N–H and O–H groups in total. The second kappa shape index (κ2) is 8.52. The summed E-state index contributed by atoms with van der Waals surface area (Å²) in [6.07, 6.45) is 3.41. The van der Waals surface area contributed by atoms with Crippen LogP contribution in [0.15, 0.2) is 36.4 Å². The lowest BCUT2D eigenvalue weighted by atomic mass is 10.2. The van der Waals surface area contributed by atoms with Crippen LogP contribution in [0, 0.1) is 6.92 Å². The van der Waals surface area contributed by atoms with E-state index in [-0.39, 0.29) is 5.91 Å². The predicted octanol–water partition coefficient (Wildman–Crippen LogP) is 3.07. The second-order valence-corrected chi connectivity index (χ2v) is 6.88. The highest BCUT2D eigenvalue weighted by molar-refractivity contribution is 6.31. The molecule has 2 aromatic rings. The van der Waals surface area contributed by atoms with Crippen molar-refractivity contribution in [3.8, 4) is 0 Å². The lowest BCUT2D eigenvalue weighted by molar-refractivity contribution is -0.127. The van der Waals surface area contributed by atoms with E-state index in [0.29, 0.717) is 11.7 Å². The first-order chi connectivity index (χ1) is 12.6. The molecular formula is C20H25ClN4O. The van der Waals surface area contributed by atoms with Gasteiger partial charge in [-0.2, -0.15) is 5.10 Å². The Balaban J connectivity index is 1.68. The zero-order valence-electron chi connectivity index (χ0n) is 15.4. The van der Waals surface area contributed by atoms with Crippen molar-refractivity contribution in [2.24, 2.45) is 0 Å².